The van der Waals surface area contributed by atoms with Gasteiger partial charge in [0.15, 0.2) is 5.96 Å². The van der Waals surface area contributed by atoms with Gasteiger partial charge in [0, 0.05) is 25.8 Å². The van der Waals surface area contributed by atoms with E-state index in [1.807, 2.05) is 29.1 Å². The molecule has 0 aliphatic carbocycles. The molecule has 0 aliphatic rings. The van der Waals surface area contributed by atoms with Crippen LogP contribution in [0.15, 0.2) is 47.7 Å². The Hall–Kier alpha value is -2.30. The van der Waals surface area contributed by atoms with Gasteiger partial charge in [-0.1, -0.05) is 31.5 Å². The summed E-state index contributed by atoms with van der Waals surface area (Å²) in [5.41, 5.74) is 2.30. The first-order valence-corrected chi connectivity index (χ1v) is 8.44. The third-order valence-corrected chi connectivity index (χ3v) is 3.49. The van der Waals surface area contributed by atoms with Crippen molar-refractivity contribution < 1.29 is 0 Å². The number of aliphatic imine (C=N–C) groups is 1. The SMILES string of the molecule is CCCCN=C(NCC)NCCc1cnn(-c2ccccc2)c1. The average molecular weight is 313 g/mol. The summed E-state index contributed by atoms with van der Waals surface area (Å²) in [4.78, 5) is 4.56. The fourth-order valence-electron chi connectivity index (χ4n) is 2.23. The largest absolute Gasteiger partial charge is 0.357 e. The Morgan fingerprint density at radius 2 is 2.00 bits per heavy atom. The minimum Gasteiger partial charge on any atom is -0.357 e. The molecule has 1 aromatic heterocycles. The van der Waals surface area contributed by atoms with Crippen molar-refractivity contribution >= 4 is 5.96 Å². The molecule has 1 aromatic carbocycles. The van der Waals surface area contributed by atoms with Gasteiger partial charge in [-0.15, -0.1) is 0 Å². The van der Waals surface area contributed by atoms with Gasteiger partial charge in [0.1, 0.15) is 0 Å². The fraction of sp³-hybridized carbons (Fsp3) is 0.444. The Morgan fingerprint density at radius 1 is 1.17 bits per heavy atom. The van der Waals surface area contributed by atoms with E-state index in [4.69, 9.17) is 0 Å². The summed E-state index contributed by atoms with van der Waals surface area (Å²) in [5.74, 6) is 0.899. The lowest BCUT2D eigenvalue weighted by molar-refractivity contribution is 0.767. The summed E-state index contributed by atoms with van der Waals surface area (Å²) in [7, 11) is 0. The average Bonchev–Trinajstić information content (AvgIpc) is 3.05. The minimum absolute atomic E-state index is 0.846. The van der Waals surface area contributed by atoms with Gasteiger partial charge in [0.05, 0.1) is 11.9 Å². The molecule has 0 spiro atoms. The molecule has 1 heterocycles. The van der Waals surface area contributed by atoms with Gasteiger partial charge in [-0.3, -0.25) is 4.99 Å². The fourth-order valence-corrected chi connectivity index (χ4v) is 2.23. The third kappa shape index (κ3) is 5.77. The molecule has 0 amide bonds. The zero-order valence-electron chi connectivity index (χ0n) is 14.1. The van der Waals surface area contributed by atoms with Gasteiger partial charge < -0.3 is 10.6 Å². The number of aromatic nitrogens is 2. The Bertz CT molecular complexity index is 588. The lowest BCUT2D eigenvalue weighted by Gasteiger charge is -2.10. The van der Waals surface area contributed by atoms with E-state index < -0.39 is 0 Å². The van der Waals surface area contributed by atoms with Crippen LogP contribution < -0.4 is 10.6 Å². The molecule has 0 radical (unpaired) electrons. The molecular weight excluding hydrogens is 286 g/mol. The van der Waals surface area contributed by atoms with Crippen LogP contribution >= 0.6 is 0 Å². The molecule has 5 heteroatoms. The highest BCUT2D eigenvalue weighted by Crippen LogP contribution is 2.07. The Morgan fingerprint density at radius 3 is 2.74 bits per heavy atom. The monoisotopic (exact) mass is 313 g/mol. The molecule has 124 valence electrons. The van der Waals surface area contributed by atoms with E-state index in [1.54, 1.807) is 0 Å². The minimum atomic E-state index is 0.846. The molecule has 0 atom stereocenters. The number of benzene rings is 1. The summed E-state index contributed by atoms with van der Waals surface area (Å²) in [6.45, 7) is 6.86. The molecular formula is C18H27N5. The standard InChI is InChI=1S/C18H27N5/c1-3-5-12-20-18(19-4-2)21-13-11-16-14-22-23(15-16)17-9-7-6-8-10-17/h6-10,14-15H,3-5,11-13H2,1-2H3,(H2,19,20,21). The van der Waals surface area contributed by atoms with Crippen molar-refractivity contribution in [2.75, 3.05) is 19.6 Å². The molecule has 2 aromatic rings. The zero-order chi connectivity index (χ0) is 16.3. The molecule has 23 heavy (non-hydrogen) atoms. The molecule has 5 nitrogen and oxygen atoms in total. The quantitative estimate of drug-likeness (QED) is 0.448. The van der Waals surface area contributed by atoms with Crippen LogP contribution in [0, 0.1) is 0 Å². The smallest absolute Gasteiger partial charge is 0.191 e. The van der Waals surface area contributed by atoms with Crippen molar-refractivity contribution in [2.45, 2.75) is 33.1 Å². The second kappa shape index (κ2) is 9.66. The first-order valence-electron chi connectivity index (χ1n) is 8.44. The number of hydrogen-bond acceptors (Lipinski definition) is 2. The maximum atomic E-state index is 4.56. The predicted molar refractivity (Wildman–Crippen MR) is 96.2 cm³/mol. The summed E-state index contributed by atoms with van der Waals surface area (Å²) < 4.78 is 1.91. The topological polar surface area (TPSA) is 54.2 Å². The van der Waals surface area contributed by atoms with E-state index in [9.17, 15) is 0 Å². The third-order valence-electron chi connectivity index (χ3n) is 3.49. The van der Waals surface area contributed by atoms with Crippen molar-refractivity contribution in [3.8, 4) is 5.69 Å². The van der Waals surface area contributed by atoms with Crippen LogP contribution in [-0.2, 0) is 6.42 Å². The number of para-hydroxylation sites is 1. The number of nitrogens with zero attached hydrogens (tertiary/aromatic N) is 3. The molecule has 0 saturated carbocycles. The van der Waals surface area contributed by atoms with Crippen LogP contribution in [0.4, 0.5) is 0 Å². The van der Waals surface area contributed by atoms with E-state index in [2.05, 4.69) is 52.9 Å². The molecule has 0 fully saturated rings. The lowest BCUT2D eigenvalue weighted by Crippen LogP contribution is -2.38. The van der Waals surface area contributed by atoms with Gasteiger partial charge in [-0.2, -0.15) is 5.10 Å². The summed E-state index contributed by atoms with van der Waals surface area (Å²) in [6.07, 6.45) is 7.22. The van der Waals surface area contributed by atoms with Crippen LogP contribution in [0.25, 0.3) is 5.69 Å². The number of unbranched alkanes of at least 4 members (excludes halogenated alkanes) is 1. The van der Waals surface area contributed by atoms with Crippen LogP contribution in [0.1, 0.15) is 32.3 Å². The van der Waals surface area contributed by atoms with Gasteiger partial charge in [-0.25, -0.2) is 4.68 Å². The second-order valence-corrected chi connectivity index (χ2v) is 5.42. The lowest BCUT2D eigenvalue weighted by atomic mass is 10.2. The first kappa shape index (κ1) is 17.1. The highest BCUT2D eigenvalue weighted by molar-refractivity contribution is 5.79. The summed E-state index contributed by atoms with van der Waals surface area (Å²) in [6, 6.07) is 10.2. The van der Waals surface area contributed by atoms with Crippen LogP contribution in [0.5, 0.6) is 0 Å². The second-order valence-electron chi connectivity index (χ2n) is 5.42. The van der Waals surface area contributed by atoms with Crippen molar-refractivity contribution in [1.82, 2.24) is 20.4 Å². The number of rotatable bonds is 8. The van der Waals surface area contributed by atoms with Crippen LogP contribution in [0.3, 0.4) is 0 Å². The molecule has 0 saturated heterocycles. The van der Waals surface area contributed by atoms with Gasteiger partial charge in [0.2, 0.25) is 0 Å². The van der Waals surface area contributed by atoms with E-state index in [0.717, 1.165) is 44.1 Å². The van der Waals surface area contributed by atoms with E-state index in [0.29, 0.717) is 0 Å². The maximum absolute atomic E-state index is 4.56. The normalized spacial score (nSPS) is 11.5. The van der Waals surface area contributed by atoms with Crippen molar-refractivity contribution in [3.63, 3.8) is 0 Å². The number of hydrogen-bond donors (Lipinski definition) is 2. The molecule has 0 aliphatic heterocycles. The summed E-state index contributed by atoms with van der Waals surface area (Å²) in [5, 5.41) is 11.1. The predicted octanol–water partition coefficient (Wildman–Crippen LogP) is 2.77. The first-order chi connectivity index (χ1) is 11.3. The molecule has 0 unspecified atom stereocenters. The number of nitrogens with one attached hydrogen (secondary N) is 2. The molecule has 2 rings (SSSR count). The summed E-state index contributed by atoms with van der Waals surface area (Å²) >= 11 is 0. The Balaban J connectivity index is 1.83. The molecule has 2 N–H and O–H groups in total. The van der Waals surface area contributed by atoms with Gasteiger partial charge >= 0.3 is 0 Å². The maximum Gasteiger partial charge on any atom is 0.191 e. The highest BCUT2D eigenvalue weighted by atomic mass is 15.3. The van der Waals surface area contributed by atoms with Gasteiger partial charge in [-0.05, 0) is 37.5 Å². The Kier molecular flexibility index (Phi) is 7.17. The van der Waals surface area contributed by atoms with Crippen molar-refractivity contribution in [3.05, 3.63) is 48.3 Å². The van der Waals surface area contributed by atoms with E-state index >= 15 is 0 Å². The zero-order valence-corrected chi connectivity index (χ0v) is 14.1. The van der Waals surface area contributed by atoms with Crippen molar-refractivity contribution in [1.29, 1.82) is 0 Å². The molecule has 0 bridgehead atoms. The Labute approximate surface area is 138 Å². The number of guanidine groups is 1. The van der Waals surface area contributed by atoms with E-state index in [-0.39, 0.29) is 0 Å². The van der Waals surface area contributed by atoms with E-state index in [1.165, 1.54) is 12.0 Å². The van der Waals surface area contributed by atoms with Crippen molar-refractivity contribution in [2.24, 2.45) is 4.99 Å². The van der Waals surface area contributed by atoms with Crippen LogP contribution in [-0.4, -0.2) is 35.4 Å². The van der Waals surface area contributed by atoms with Crippen LogP contribution in [0.2, 0.25) is 0 Å². The highest BCUT2D eigenvalue weighted by Gasteiger charge is 2.02. The van der Waals surface area contributed by atoms with Gasteiger partial charge in [0.25, 0.3) is 0 Å².